The molecule has 0 aromatic heterocycles. The molecule has 0 atom stereocenters. The Kier molecular flexibility index (Phi) is 8.15. The van der Waals surface area contributed by atoms with Crippen LogP contribution in [0.5, 0.6) is 0 Å². The van der Waals surface area contributed by atoms with Crippen LogP contribution in [-0.2, 0) is 16.1 Å². The number of anilines is 1. The van der Waals surface area contributed by atoms with Crippen LogP contribution in [0.4, 0.5) is 10.5 Å². The third kappa shape index (κ3) is 6.53. The number of carbonyl (C=O) groups is 2. The van der Waals surface area contributed by atoms with Crippen LogP contribution in [-0.4, -0.2) is 36.7 Å². The average molecular weight is 371 g/mol. The van der Waals surface area contributed by atoms with E-state index in [2.05, 4.69) is 16.0 Å². The fourth-order valence-corrected chi connectivity index (χ4v) is 2.46. The lowest BCUT2D eigenvalue weighted by molar-refractivity contribution is -0.129. The van der Waals surface area contributed by atoms with Gasteiger partial charge in [-0.05, 0) is 44.4 Å². The number of rotatable bonds is 5. The second-order valence-corrected chi connectivity index (χ2v) is 6.40. The van der Waals surface area contributed by atoms with E-state index < -0.39 is 5.54 Å². The molecule has 0 radical (unpaired) electrons. The molecule has 1 aliphatic heterocycles. The molecule has 25 heavy (non-hydrogen) atoms. The molecule has 2 rings (SSSR count). The zero-order valence-corrected chi connectivity index (χ0v) is 15.4. The van der Waals surface area contributed by atoms with Crippen LogP contribution >= 0.6 is 12.4 Å². The van der Waals surface area contributed by atoms with Crippen molar-refractivity contribution in [3.05, 3.63) is 29.8 Å². The second-order valence-electron chi connectivity index (χ2n) is 6.40. The summed E-state index contributed by atoms with van der Waals surface area (Å²) in [6, 6.07) is 7.16. The van der Waals surface area contributed by atoms with Gasteiger partial charge >= 0.3 is 6.03 Å². The summed E-state index contributed by atoms with van der Waals surface area (Å²) in [4.78, 5) is 23.9. The van der Waals surface area contributed by atoms with Gasteiger partial charge in [-0.1, -0.05) is 12.1 Å². The first kappa shape index (κ1) is 21.2. The standard InChI is InChI=1S/C17H26N4O3.ClH/c1-12(2)20-16(23)21-14-5-3-13(4-6-14)11-19-15(22)17(18)7-9-24-10-8-17;/h3-6,12H,7-11,18H2,1-2H3,(H,19,22)(H2,20,21,23);1H. The molecule has 3 amide bonds. The number of amides is 3. The van der Waals surface area contributed by atoms with Crippen molar-refractivity contribution in [2.75, 3.05) is 18.5 Å². The Hall–Kier alpha value is -1.83. The summed E-state index contributed by atoms with van der Waals surface area (Å²) < 4.78 is 5.25. The van der Waals surface area contributed by atoms with Gasteiger partial charge < -0.3 is 26.4 Å². The van der Waals surface area contributed by atoms with E-state index in [0.717, 1.165) is 5.56 Å². The molecule has 0 aliphatic carbocycles. The molecule has 1 fully saturated rings. The van der Waals surface area contributed by atoms with E-state index in [9.17, 15) is 9.59 Å². The lowest BCUT2D eigenvalue weighted by atomic mass is 9.90. The van der Waals surface area contributed by atoms with E-state index >= 15 is 0 Å². The Morgan fingerprint density at radius 2 is 1.80 bits per heavy atom. The number of benzene rings is 1. The SMILES string of the molecule is CC(C)NC(=O)Nc1ccc(CNC(=O)C2(N)CCOCC2)cc1.Cl. The molecule has 140 valence electrons. The van der Waals surface area contributed by atoms with Crippen LogP contribution in [0.3, 0.4) is 0 Å². The van der Waals surface area contributed by atoms with Gasteiger partial charge in [0.25, 0.3) is 0 Å². The van der Waals surface area contributed by atoms with Gasteiger partial charge in [-0.3, -0.25) is 4.79 Å². The van der Waals surface area contributed by atoms with Gasteiger partial charge in [0.1, 0.15) is 0 Å². The van der Waals surface area contributed by atoms with Gasteiger partial charge in [0, 0.05) is 31.5 Å². The van der Waals surface area contributed by atoms with E-state index in [1.165, 1.54) is 0 Å². The second kappa shape index (κ2) is 9.60. The molecular formula is C17H27ClN4O3. The number of carbonyl (C=O) groups excluding carboxylic acids is 2. The van der Waals surface area contributed by atoms with Crippen molar-refractivity contribution in [2.45, 2.75) is 44.8 Å². The number of nitrogens with two attached hydrogens (primary N) is 1. The van der Waals surface area contributed by atoms with E-state index in [4.69, 9.17) is 10.5 Å². The molecule has 0 bridgehead atoms. The third-order valence-corrected chi connectivity index (χ3v) is 3.92. The Morgan fingerprint density at radius 3 is 2.36 bits per heavy atom. The Balaban J connectivity index is 0.00000312. The van der Waals surface area contributed by atoms with Gasteiger partial charge in [0.05, 0.1) is 5.54 Å². The van der Waals surface area contributed by atoms with Gasteiger partial charge in [-0.15, -0.1) is 12.4 Å². The normalized spacial score (nSPS) is 15.8. The summed E-state index contributed by atoms with van der Waals surface area (Å²) in [5.74, 6) is -0.149. The largest absolute Gasteiger partial charge is 0.381 e. The molecule has 7 nitrogen and oxygen atoms in total. The van der Waals surface area contributed by atoms with Crippen molar-refractivity contribution in [3.63, 3.8) is 0 Å². The first-order chi connectivity index (χ1) is 11.4. The van der Waals surface area contributed by atoms with Crippen LogP contribution in [0, 0.1) is 0 Å². The van der Waals surface area contributed by atoms with Crippen LogP contribution in [0.2, 0.25) is 0 Å². The topological polar surface area (TPSA) is 105 Å². The van der Waals surface area contributed by atoms with Gasteiger partial charge in [0.15, 0.2) is 0 Å². The molecule has 1 aliphatic rings. The van der Waals surface area contributed by atoms with Crippen molar-refractivity contribution in [1.82, 2.24) is 10.6 Å². The van der Waals surface area contributed by atoms with E-state index in [0.29, 0.717) is 38.3 Å². The highest BCUT2D eigenvalue weighted by atomic mass is 35.5. The summed E-state index contributed by atoms with van der Waals surface area (Å²) >= 11 is 0. The number of halogens is 1. The predicted octanol–water partition coefficient (Wildman–Crippen LogP) is 1.76. The fraction of sp³-hybridized carbons (Fsp3) is 0.529. The van der Waals surface area contributed by atoms with Gasteiger partial charge in [-0.2, -0.15) is 0 Å². The zero-order valence-electron chi connectivity index (χ0n) is 14.6. The summed E-state index contributed by atoms with van der Waals surface area (Å²) in [5.41, 5.74) is 6.94. The first-order valence-electron chi connectivity index (χ1n) is 8.20. The Bertz CT molecular complexity index is 572. The van der Waals surface area contributed by atoms with Crippen molar-refractivity contribution in [3.8, 4) is 0 Å². The first-order valence-corrected chi connectivity index (χ1v) is 8.20. The zero-order chi connectivity index (χ0) is 17.6. The Morgan fingerprint density at radius 1 is 1.20 bits per heavy atom. The maximum Gasteiger partial charge on any atom is 0.319 e. The van der Waals surface area contributed by atoms with Crippen molar-refractivity contribution in [1.29, 1.82) is 0 Å². The number of hydrogen-bond acceptors (Lipinski definition) is 4. The van der Waals surface area contributed by atoms with Gasteiger partial charge in [-0.25, -0.2) is 4.79 Å². The molecule has 0 unspecified atom stereocenters. The highest BCUT2D eigenvalue weighted by Gasteiger charge is 2.35. The number of hydrogen-bond donors (Lipinski definition) is 4. The molecule has 8 heteroatoms. The molecule has 1 heterocycles. The molecule has 1 aromatic rings. The summed E-state index contributed by atoms with van der Waals surface area (Å²) in [6.07, 6.45) is 1.07. The highest BCUT2D eigenvalue weighted by Crippen LogP contribution is 2.18. The lowest BCUT2D eigenvalue weighted by Crippen LogP contribution is -2.56. The van der Waals surface area contributed by atoms with Crippen molar-refractivity contribution < 1.29 is 14.3 Å². The van der Waals surface area contributed by atoms with E-state index in [-0.39, 0.29) is 30.4 Å². The number of nitrogens with one attached hydrogen (secondary N) is 3. The molecule has 0 saturated carbocycles. The maximum atomic E-state index is 12.3. The third-order valence-electron chi connectivity index (χ3n) is 3.92. The van der Waals surface area contributed by atoms with Crippen LogP contribution in [0.25, 0.3) is 0 Å². The summed E-state index contributed by atoms with van der Waals surface area (Å²) in [6.45, 7) is 5.23. The van der Waals surface area contributed by atoms with Crippen molar-refractivity contribution in [2.24, 2.45) is 5.73 Å². The van der Waals surface area contributed by atoms with E-state index in [1.807, 2.05) is 26.0 Å². The molecule has 1 saturated heterocycles. The van der Waals surface area contributed by atoms with Crippen LogP contribution in [0.1, 0.15) is 32.3 Å². The molecule has 1 aromatic carbocycles. The number of urea groups is 1. The summed E-state index contributed by atoms with van der Waals surface area (Å²) in [5, 5.41) is 8.38. The monoisotopic (exact) mass is 370 g/mol. The predicted molar refractivity (Wildman–Crippen MR) is 99.8 cm³/mol. The minimum atomic E-state index is -0.839. The van der Waals surface area contributed by atoms with Crippen LogP contribution < -0.4 is 21.7 Å². The molecule has 5 N–H and O–H groups in total. The van der Waals surface area contributed by atoms with Crippen LogP contribution in [0.15, 0.2) is 24.3 Å². The minimum Gasteiger partial charge on any atom is -0.381 e. The maximum absolute atomic E-state index is 12.3. The minimum absolute atomic E-state index is 0. The quantitative estimate of drug-likeness (QED) is 0.633. The van der Waals surface area contributed by atoms with Gasteiger partial charge in [0.2, 0.25) is 5.91 Å². The lowest BCUT2D eigenvalue weighted by Gasteiger charge is -2.31. The van der Waals surface area contributed by atoms with E-state index in [1.54, 1.807) is 12.1 Å². The Labute approximate surface area is 154 Å². The fourth-order valence-electron chi connectivity index (χ4n) is 2.46. The average Bonchev–Trinajstić information content (AvgIpc) is 2.53. The smallest absolute Gasteiger partial charge is 0.319 e. The molecular weight excluding hydrogens is 344 g/mol. The summed E-state index contributed by atoms with van der Waals surface area (Å²) in [7, 11) is 0. The highest BCUT2D eigenvalue weighted by molar-refractivity contribution is 5.89. The molecule has 0 spiro atoms. The number of ether oxygens (including phenoxy) is 1. The van der Waals surface area contributed by atoms with Crippen molar-refractivity contribution >= 4 is 30.0 Å².